The molecule has 0 radical (unpaired) electrons. The number of anilines is 1. The van der Waals surface area contributed by atoms with Crippen molar-refractivity contribution in [3.05, 3.63) is 57.0 Å². The van der Waals surface area contributed by atoms with Crippen molar-refractivity contribution in [2.45, 2.75) is 37.1 Å². The molecule has 2 rings (SSSR count). The molecule has 32 heavy (non-hydrogen) atoms. The van der Waals surface area contributed by atoms with Gasteiger partial charge in [0, 0.05) is 15.5 Å². The monoisotopic (exact) mass is 589 g/mol. The molecule has 8 nitrogen and oxygen atoms in total. The van der Waals surface area contributed by atoms with Crippen LogP contribution in [-0.2, 0) is 19.6 Å². The van der Waals surface area contributed by atoms with Crippen molar-refractivity contribution in [2.75, 3.05) is 19.0 Å². The highest BCUT2D eigenvalue weighted by molar-refractivity contribution is 9.11. The molecule has 0 aliphatic heterocycles. The van der Waals surface area contributed by atoms with Crippen LogP contribution < -0.4 is 15.4 Å². The fraction of sp³-hybridized carbons (Fsp3) is 0.333. The van der Waals surface area contributed by atoms with Crippen molar-refractivity contribution in [1.29, 1.82) is 0 Å². The first-order chi connectivity index (χ1) is 15.1. The lowest BCUT2D eigenvalue weighted by atomic mass is 10.1. The molecule has 2 amide bonds. The highest BCUT2D eigenvalue weighted by atomic mass is 79.9. The summed E-state index contributed by atoms with van der Waals surface area (Å²) < 4.78 is 33.9. The zero-order valence-electron chi connectivity index (χ0n) is 17.7. The van der Waals surface area contributed by atoms with E-state index < -0.39 is 22.0 Å². The van der Waals surface area contributed by atoms with Crippen molar-refractivity contribution in [3.8, 4) is 0 Å². The van der Waals surface area contributed by atoms with Crippen LogP contribution >= 0.6 is 31.9 Å². The molecule has 0 bridgehead atoms. The normalized spacial score (nSPS) is 12.1. The summed E-state index contributed by atoms with van der Waals surface area (Å²) in [5.74, 6) is -0.661. The van der Waals surface area contributed by atoms with Crippen LogP contribution in [0.15, 0.2) is 56.3 Å². The number of ether oxygens (including phenoxy) is 1. The van der Waals surface area contributed by atoms with Crippen molar-refractivity contribution in [1.82, 2.24) is 10.0 Å². The highest BCUT2D eigenvalue weighted by Gasteiger charge is 2.26. The first-order valence-corrected chi connectivity index (χ1v) is 12.9. The first kappa shape index (κ1) is 26.3. The lowest BCUT2D eigenvalue weighted by Gasteiger charge is -2.17. The number of esters is 1. The van der Waals surface area contributed by atoms with Gasteiger partial charge >= 0.3 is 12.0 Å². The number of carbonyl (C=O) groups excluding carboxylic acids is 2. The number of rotatable bonds is 10. The molecule has 0 spiro atoms. The second kappa shape index (κ2) is 12.3. The topological polar surface area (TPSA) is 114 Å². The van der Waals surface area contributed by atoms with Gasteiger partial charge < -0.3 is 15.4 Å². The fourth-order valence-corrected chi connectivity index (χ4v) is 5.14. The Bertz CT molecular complexity index is 1050. The van der Waals surface area contributed by atoms with Gasteiger partial charge in [0.15, 0.2) is 0 Å². The lowest BCUT2D eigenvalue weighted by Crippen LogP contribution is -2.41. The van der Waals surface area contributed by atoms with Gasteiger partial charge in [0.1, 0.15) is 6.04 Å². The average Bonchev–Trinajstić information content (AvgIpc) is 2.74. The maximum Gasteiger partial charge on any atom is 0.323 e. The number of unbranched alkanes of at least 4 members (excludes halogenated alkanes) is 1. The molecule has 0 heterocycles. The number of amides is 2. The average molecular weight is 591 g/mol. The lowest BCUT2D eigenvalue weighted by molar-refractivity contribution is -0.142. The summed E-state index contributed by atoms with van der Waals surface area (Å²) in [6.07, 6.45) is 1.28. The van der Waals surface area contributed by atoms with Crippen LogP contribution in [0.25, 0.3) is 0 Å². The Morgan fingerprint density at radius 1 is 1.06 bits per heavy atom. The maximum absolute atomic E-state index is 12.6. The Labute approximate surface area is 204 Å². The van der Waals surface area contributed by atoms with E-state index in [1.807, 2.05) is 19.1 Å². The molecule has 1 atom stereocenters. The standard InChI is InChI=1S/C21H25Br2N3O5S/c1-14-6-9-16(10-7-14)32(29,30)26-19(20(27)31-2)5-3-4-12-24-21(28)25-18-11-8-15(22)13-17(18)23/h6-11,13,19,26H,3-5,12H2,1-2H3,(H2,24,25,28). The van der Waals surface area contributed by atoms with Gasteiger partial charge in [-0.05, 0) is 72.4 Å². The SMILES string of the molecule is COC(=O)C(CCCCNC(=O)Nc1ccc(Br)cc1Br)NS(=O)(=O)c1ccc(C)cc1. The molecule has 1 unspecified atom stereocenters. The van der Waals surface area contributed by atoms with E-state index in [1.165, 1.54) is 19.2 Å². The van der Waals surface area contributed by atoms with E-state index in [9.17, 15) is 18.0 Å². The van der Waals surface area contributed by atoms with Gasteiger partial charge in [-0.15, -0.1) is 0 Å². The van der Waals surface area contributed by atoms with Crippen LogP contribution in [0.2, 0.25) is 0 Å². The molecular weight excluding hydrogens is 566 g/mol. The van der Waals surface area contributed by atoms with Crippen LogP contribution in [0.4, 0.5) is 10.5 Å². The van der Waals surface area contributed by atoms with E-state index in [0.29, 0.717) is 25.1 Å². The number of urea groups is 1. The van der Waals surface area contributed by atoms with Gasteiger partial charge in [-0.3, -0.25) is 4.79 Å². The number of hydrogen-bond acceptors (Lipinski definition) is 5. The summed E-state index contributed by atoms with van der Waals surface area (Å²) in [6.45, 7) is 2.21. The van der Waals surface area contributed by atoms with Crippen molar-refractivity contribution in [3.63, 3.8) is 0 Å². The molecular formula is C21H25Br2N3O5S. The van der Waals surface area contributed by atoms with Gasteiger partial charge in [-0.25, -0.2) is 13.2 Å². The van der Waals surface area contributed by atoms with E-state index in [0.717, 1.165) is 14.5 Å². The van der Waals surface area contributed by atoms with E-state index in [4.69, 9.17) is 4.74 Å². The van der Waals surface area contributed by atoms with Crippen molar-refractivity contribution in [2.24, 2.45) is 0 Å². The van der Waals surface area contributed by atoms with Crippen LogP contribution in [-0.4, -0.2) is 40.1 Å². The summed E-state index contributed by atoms with van der Waals surface area (Å²) in [5, 5.41) is 5.47. The number of nitrogens with one attached hydrogen (secondary N) is 3. The van der Waals surface area contributed by atoms with Crippen LogP contribution in [0.3, 0.4) is 0 Å². The minimum Gasteiger partial charge on any atom is -0.468 e. The number of carbonyl (C=O) groups is 2. The zero-order valence-corrected chi connectivity index (χ0v) is 21.6. The predicted octanol–water partition coefficient (Wildman–Crippen LogP) is 4.33. The third kappa shape index (κ3) is 8.19. The van der Waals surface area contributed by atoms with Gasteiger partial charge in [0.25, 0.3) is 0 Å². The Balaban J connectivity index is 1.83. The summed E-state index contributed by atoms with van der Waals surface area (Å²) in [5.41, 5.74) is 1.56. The Kier molecular flexibility index (Phi) is 10.1. The minimum absolute atomic E-state index is 0.0782. The molecule has 0 saturated carbocycles. The van der Waals surface area contributed by atoms with E-state index in [1.54, 1.807) is 18.2 Å². The number of aryl methyl sites for hydroxylation is 1. The van der Waals surface area contributed by atoms with Crippen molar-refractivity contribution >= 4 is 59.6 Å². The Morgan fingerprint density at radius 2 is 1.75 bits per heavy atom. The van der Waals surface area contributed by atoms with Crippen LogP contribution in [0.5, 0.6) is 0 Å². The smallest absolute Gasteiger partial charge is 0.323 e. The molecule has 0 saturated heterocycles. The second-order valence-corrected chi connectivity index (χ2v) is 10.5. The van der Waals surface area contributed by atoms with Crippen LogP contribution in [0.1, 0.15) is 24.8 Å². The molecule has 2 aromatic carbocycles. The second-order valence-electron chi connectivity index (χ2n) is 7.01. The summed E-state index contributed by atoms with van der Waals surface area (Å²) in [6, 6.07) is 10.4. The molecule has 0 aromatic heterocycles. The molecule has 2 aromatic rings. The molecule has 0 aliphatic carbocycles. The summed E-state index contributed by atoms with van der Waals surface area (Å²) in [4.78, 5) is 24.2. The number of hydrogen-bond donors (Lipinski definition) is 3. The molecule has 0 fully saturated rings. The van der Waals surface area contributed by atoms with E-state index in [2.05, 4.69) is 47.2 Å². The van der Waals surface area contributed by atoms with Crippen molar-refractivity contribution < 1.29 is 22.7 Å². The number of sulfonamides is 1. The largest absolute Gasteiger partial charge is 0.468 e. The molecule has 0 aliphatic rings. The minimum atomic E-state index is -3.87. The summed E-state index contributed by atoms with van der Waals surface area (Å²) >= 11 is 6.73. The predicted molar refractivity (Wildman–Crippen MR) is 130 cm³/mol. The Morgan fingerprint density at radius 3 is 2.38 bits per heavy atom. The van der Waals surface area contributed by atoms with Gasteiger partial charge in [0.05, 0.1) is 17.7 Å². The first-order valence-electron chi connectivity index (χ1n) is 9.79. The fourth-order valence-electron chi connectivity index (χ4n) is 2.77. The third-order valence-electron chi connectivity index (χ3n) is 4.50. The quantitative estimate of drug-likeness (QED) is 0.281. The van der Waals surface area contributed by atoms with Gasteiger partial charge in [-0.2, -0.15) is 4.72 Å². The van der Waals surface area contributed by atoms with Crippen LogP contribution in [0, 0.1) is 6.92 Å². The summed E-state index contributed by atoms with van der Waals surface area (Å²) in [7, 11) is -2.66. The number of methoxy groups -OCH3 is 1. The number of benzene rings is 2. The van der Waals surface area contributed by atoms with E-state index >= 15 is 0 Å². The molecule has 11 heteroatoms. The molecule has 3 N–H and O–H groups in total. The van der Waals surface area contributed by atoms with E-state index in [-0.39, 0.29) is 17.3 Å². The van der Waals surface area contributed by atoms with Gasteiger partial charge in [0.2, 0.25) is 10.0 Å². The molecule has 174 valence electrons. The highest BCUT2D eigenvalue weighted by Crippen LogP contribution is 2.26. The zero-order chi connectivity index (χ0) is 23.7. The van der Waals surface area contributed by atoms with Gasteiger partial charge in [-0.1, -0.05) is 33.6 Å². The Hall–Kier alpha value is -1.95. The number of halogens is 2. The maximum atomic E-state index is 12.6. The third-order valence-corrected chi connectivity index (χ3v) is 7.14.